The maximum absolute atomic E-state index is 2.59. The van der Waals surface area contributed by atoms with Crippen molar-refractivity contribution in [3.8, 4) is 27.9 Å². The Hall–Kier alpha value is -5.86. The Morgan fingerprint density at radius 3 is 1.69 bits per heavy atom. The highest BCUT2D eigenvalue weighted by molar-refractivity contribution is 6.13. The van der Waals surface area contributed by atoms with Gasteiger partial charge in [-0.25, -0.2) is 0 Å². The first-order chi connectivity index (χ1) is 30.0. The van der Waals surface area contributed by atoms with Gasteiger partial charge in [-0.05, 0) is 168 Å². The molecule has 0 saturated heterocycles. The van der Waals surface area contributed by atoms with Crippen LogP contribution in [0.2, 0.25) is 0 Å². The van der Waals surface area contributed by atoms with Gasteiger partial charge in [0, 0.05) is 38.8 Å². The Kier molecular flexibility index (Phi) is 7.98. The zero-order chi connectivity index (χ0) is 40.4. The summed E-state index contributed by atoms with van der Waals surface area (Å²) in [6.45, 7) is 4.93. The van der Waals surface area contributed by atoms with Gasteiger partial charge in [-0.15, -0.1) is 0 Å². The molecule has 0 aliphatic heterocycles. The third kappa shape index (κ3) is 5.46. The number of rotatable bonds is 7. The molecule has 4 saturated carbocycles. The molecule has 4 fully saturated rings. The molecule has 6 unspecified atom stereocenters. The van der Waals surface area contributed by atoms with Crippen molar-refractivity contribution in [1.29, 1.82) is 0 Å². The van der Waals surface area contributed by atoms with Gasteiger partial charge in [0.15, 0.2) is 0 Å². The summed E-state index contributed by atoms with van der Waals surface area (Å²) >= 11 is 0. The number of fused-ring (bicyclic) bond motifs is 11. The maximum atomic E-state index is 2.59. The predicted molar refractivity (Wildman–Crippen MR) is 255 cm³/mol. The van der Waals surface area contributed by atoms with Gasteiger partial charge in [-0.3, -0.25) is 0 Å². The van der Waals surface area contributed by atoms with E-state index in [0.717, 1.165) is 23.7 Å². The van der Waals surface area contributed by atoms with Gasteiger partial charge >= 0.3 is 0 Å². The zero-order valence-corrected chi connectivity index (χ0v) is 35.5. The quantitative estimate of drug-likeness (QED) is 0.156. The summed E-state index contributed by atoms with van der Waals surface area (Å²) in [5.74, 6) is 5.02. The van der Waals surface area contributed by atoms with Crippen molar-refractivity contribution >= 4 is 38.9 Å². The number of para-hydroxylation sites is 2. The van der Waals surface area contributed by atoms with E-state index in [2.05, 4.69) is 181 Å². The molecule has 6 atom stereocenters. The molecule has 2 heteroatoms. The molecular formula is C59H54N2. The number of hydrogen-bond donors (Lipinski definition) is 0. The van der Waals surface area contributed by atoms with Crippen LogP contribution >= 0.6 is 0 Å². The van der Waals surface area contributed by atoms with Crippen molar-refractivity contribution in [1.82, 2.24) is 4.57 Å². The lowest BCUT2D eigenvalue weighted by Gasteiger charge is -2.31. The lowest BCUT2D eigenvalue weighted by atomic mass is 9.80. The second-order valence-electron chi connectivity index (χ2n) is 20.1. The van der Waals surface area contributed by atoms with Gasteiger partial charge < -0.3 is 9.47 Å². The van der Waals surface area contributed by atoms with E-state index in [1.54, 1.807) is 0 Å². The summed E-state index contributed by atoms with van der Waals surface area (Å²) in [5.41, 5.74) is 18.3. The average Bonchev–Trinajstić information content (AvgIpc) is 4.19. The van der Waals surface area contributed by atoms with Crippen LogP contribution in [-0.4, -0.2) is 4.57 Å². The number of benzene rings is 7. The largest absolute Gasteiger partial charge is 0.310 e. The summed E-state index contributed by atoms with van der Waals surface area (Å²) in [6, 6.07) is 60.7. The van der Waals surface area contributed by atoms with Crippen LogP contribution < -0.4 is 4.90 Å². The molecule has 5 aliphatic carbocycles. The highest BCUT2D eigenvalue weighted by Crippen LogP contribution is 2.58. The van der Waals surface area contributed by atoms with E-state index in [0.29, 0.717) is 11.8 Å². The number of anilines is 3. The van der Waals surface area contributed by atoms with E-state index in [-0.39, 0.29) is 5.41 Å². The van der Waals surface area contributed by atoms with E-state index < -0.39 is 0 Å². The van der Waals surface area contributed by atoms with E-state index in [4.69, 9.17) is 0 Å². The van der Waals surface area contributed by atoms with Crippen molar-refractivity contribution in [2.75, 3.05) is 4.90 Å². The van der Waals surface area contributed by atoms with E-state index >= 15 is 0 Å². The molecule has 1 aromatic heterocycles. The van der Waals surface area contributed by atoms with E-state index in [1.165, 1.54) is 140 Å². The first-order valence-electron chi connectivity index (χ1n) is 23.3. The molecule has 300 valence electrons. The highest BCUT2D eigenvalue weighted by atomic mass is 15.1. The summed E-state index contributed by atoms with van der Waals surface area (Å²) in [5, 5.41) is 2.62. The SMILES string of the molecule is CC1(C)c2cc(N(c3ccc(C4CC5CCC4C5)cc3)c3ccc(C4CC5CCC4C5)cc3)c(-c3ccccc3)cc2-c2ccc3c4ccccc4n(-c4ccccc4)c3c21. The Morgan fingerprint density at radius 2 is 1.10 bits per heavy atom. The van der Waals surface area contributed by atoms with Crippen LogP contribution in [0.1, 0.15) is 99.3 Å². The fourth-order valence-corrected chi connectivity index (χ4v) is 13.7. The molecule has 0 N–H and O–H groups in total. The minimum Gasteiger partial charge on any atom is -0.310 e. The van der Waals surface area contributed by atoms with Crippen LogP contribution in [0.5, 0.6) is 0 Å². The molecule has 0 radical (unpaired) electrons. The third-order valence-corrected chi connectivity index (χ3v) is 16.5. The number of hydrogen-bond acceptors (Lipinski definition) is 1. The van der Waals surface area contributed by atoms with Crippen LogP contribution in [0, 0.1) is 23.7 Å². The summed E-state index contributed by atoms with van der Waals surface area (Å²) in [4.78, 5) is 2.59. The molecule has 2 nitrogen and oxygen atoms in total. The monoisotopic (exact) mass is 790 g/mol. The van der Waals surface area contributed by atoms with Gasteiger partial charge in [-0.1, -0.05) is 130 Å². The predicted octanol–water partition coefficient (Wildman–Crippen LogP) is 16.0. The molecule has 0 amide bonds. The fraction of sp³-hybridized carbons (Fsp3) is 0.288. The van der Waals surface area contributed by atoms with Crippen LogP contribution in [0.25, 0.3) is 49.7 Å². The summed E-state index contributed by atoms with van der Waals surface area (Å²) in [7, 11) is 0. The Morgan fingerprint density at radius 1 is 0.508 bits per heavy atom. The Bertz CT molecular complexity index is 2900. The molecule has 5 aliphatic rings. The van der Waals surface area contributed by atoms with Gasteiger partial charge in [0.1, 0.15) is 0 Å². The lowest BCUT2D eigenvalue weighted by Crippen LogP contribution is -2.18. The van der Waals surface area contributed by atoms with Gasteiger partial charge in [0.25, 0.3) is 0 Å². The van der Waals surface area contributed by atoms with Crippen molar-refractivity contribution in [2.45, 2.75) is 82.5 Å². The summed E-state index contributed by atoms with van der Waals surface area (Å²) < 4.78 is 2.53. The smallest absolute Gasteiger partial charge is 0.0588 e. The van der Waals surface area contributed by atoms with Crippen molar-refractivity contribution in [3.05, 3.63) is 180 Å². The van der Waals surface area contributed by atoms with Crippen molar-refractivity contribution < 1.29 is 0 Å². The standard InChI is InChI=1S/C59H54N2/c1-59(2)54-36-56(60(45-25-21-40(22-26-45)50-33-37-17-19-42(50)31-37)46-27-23-41(24-28-46)51-34-38-18-20-43(51)32-38)52(39-11-5-3-6-12-39)35-53(54)48-29-30-49-47-15-9-10-16-55(47)61(58(49)57(48)59)44-13-7-4-8-14-44/h3-16,21-30,35-38,42-43,50-51H,17-20,31-34H2,1-2H3. The molecule has 61 heavy (non-hydrogen) atoms. The van der Waals surface area contributed by atoms with Crippen LogP contribution in [0.3, 0.4) is 0 Å². The van der Waals surface area contributed by atoms with E-state index in [1.807, 2.05) is 0 Å². The minimum atomic E-state index is -0.266. The van der Waals surface area contributed by atoms with Crippen LogP contribution in [0.4, 0.5) is 17.1 Å². The minimum absolute atomic E-state index is 0.266. The van der Waals surface area contributed by atoms with E-state index in [9.17, 15) is 0 Å². The van der Waals surface area contributed by atoms with Gasteiger partial charge in [0.2, 0.25) is 0 Å². The average molecular weight is 791 g/mol. The second kappa shape index (κ2) is 13.6. The highest BCUT2D eigenvalue weighted by Gasteiger charge is 2.43. The third-order valence-electron chi connectivity index (χ3n) is 16.5. The molecule has 8 aromatic rings. The van der Waals surface area contributed by atoms with Crippen LogP contribution in [0.15, 0.2) is 158 Å². The van der Waals surface area contributed by atoms with Gasteiger partial charge in [-0.2, -0.15) is 0 Å². The molecule has 7 aromatic carbocycles. The maximum Gasteiger partial charge on any atom is 0.0588 e. The molecular weight excluding hydrogens is 737 g/mol. The first kappa shape index (κ1) is 35.9. The molecule has 1 heterocycles. The fourth-order valence-electron chi connectivity index (χ4n) is 13.7. The lowest BCUT2D eigenvalue weighted by molar-refractivity contribution is 0.420. The van der Waals surface area contributed by atoms with Gasteiger partial charge in [0.05, 0.1) is 16.7 Å². The first-order valence-corrected chi connectivity index (χ1v) is 23.3. The molecule has 0 spiro atoms. The van der Waals surface area contributed by atoms with Crippen molar-refractivity contribution in [2.24, 2.45) is 23.7 Å². The number of aromatic nitrogens is 1. The normalized spacial score (nSPS) is 24.2. The van der Waals surface area contributed by atoms with Crippen molar-refractivity contribution in [3.63, 3.8) is 0 Å². The Labute approximate surface area is 360 Å². The summed E-state index contributed by atoms with van der Waals surface area (Å²) in [6.07, 6.45) is 11.3. The van der Waals surface area contributed by atoms with Crippen LogP contribution in [-0.2, 0) is 5.41 Å². The zero-order valence-electron chi connectivity index (χ0n) is 35.5. The Balaban J connectivity index is 1.02. The molecule has 13 rings (SSSR count). The second-order valence-corrected chi connectivity index (χ2v) is 20.1. The topological polar surface area (TPSA) is 8.17 Å². The molecule has 4 bridgehead atoms. The number of nitrogens with zero attached hydrogens (tertiary/aromatic N) is 2.